The highest BCUT2D eigenvalue weighted by Crippen LogP contribution is 2.37. The van der Waals surface area contributed by atoms with Gasteiger partial charge in [0.25, 0.3) is 0 Å². The van der Waals surface area contributed by atoms with Crippen molar-refractivity contribution in [2.24, 2.45) is 7.05 Å². The number of anilines is 3. The van der Waals surface area contributed by atoms with Crippen molar-refractivity contribution in [1.82, 2.24) is 19.7 Å². The van der Waals surface area contributed by atoms with Gasteiger partial charge in [-0.05, 0) is 12.1 Å². The molecule has 0 atom stereocenters. The highest BCUT2D eigenvalue weighted by Gasteiger charge is 2.24. The van der Waals surface area contributed by atoms with Crippen LogP contribution in [0.2, 0.25) is 0 Å². The van der Waals surface area contributed by atoms with Crippen LogP contribution in [0.3, 0.4) is 0 Å². The lowest BCUT2D eigenvalue weighted by molar-refractivity contribution is 0.637. The number of para-hydroxylation sites is 1. The molecule has 2 aliphatic rings. The van der Waals surface area contributed by atoms with E-state index in [1.54, 1.807) is 0 Å². The van der Waals surface area contributed by atoms with Crippen LogP contribution in [0.4, 0.5) is 17.5 Å². The van der Waals surface area contributed by atoms with Crippen LogP contribution in [-0.4, -0.2) is 51.7 Å². The van der Waals surface area contributed by atoms with Gasteiger partial charge in [-0.1, -0.05) is 18.2 Å². The maximum Gasteiger partial charge on any atom is 0.227 e. The fraction of sp³-hybridized carbons (Fsp3) is 0.381. The zero-order valence-corrected chi connectivity index (χ0v) is 17.4. The summed E-state index contributed by atoms with van der Waals surface area (Å²) >= 11 is 1.85. The molecule has 0 saturated carbocycles. The summed E-state index contributed by atoms with van der Waals surface area (Å²) in [5, 5.41) is 7.78. The molecule has 0 aliphatic carbocycles. The van der Waals surface area contributed by atoms with Crippen LogP contribution in [0.5, 0.6) is 0 Å². The molecular formula is C21H25N7S. The monoisotopic (exact) mass is 407 g/mol. The second kappa shape index (κ2) is 7.94. The number of piperazine rings is 1. The van der Waals surface area contributed by atoms with Crippen molar-refractivity contribution in [3.8, 4) is 0 Å². The van der Waals surface area contributed by atoms with Gasteiger partial charge in [0.05, 0.1) is 16.8 Å². The number of benzene rings is 1. The van der Waals surface area contributed by atoms with Crippen molar-refractivity contribution in [2.75, 3.05) is 47.0 Å². The SMILES string of the molecule is Cn1cc(CNc2nc(N3CCN(c4ccccc4)CC3)nc3c2SCC3)cn1. The van der Waals surface area contributed by atoms with Gasteiger partial charge >= 0.3 is 0 Å². The highest BCUT2D eigenvalue weighted by atomic mass is 32.2. The minimum atomic E-state index is 0.721. The zero-order chi connectivity index (χ0) is 19.6. The topological polar surface area (TPSA) is 62.1 Å². The van der Waals surface area contributed by atoms with E-state index in [0.717, 1.165) is 62.2 Å². The Labute approximate surface area is 175 Å². The zero-order valence-electron chi connectivity index (χ0n) is 16.6. The van der Waals surface area contributed by atoms with Gasteiger partial charge in [-0.2, -0.15) is 10.1 Å². The van der Waals surface area contributed by atoms with E-state index in [1.165, 1.54) is 16.3 Å². The minimum Gasteiger partial charge on any atom is -0.368 e. The Bertz CT molecular complexity index is 980. The normalized spacial score (nSPS) is 16.2. The molecule has 2 aliphatic heterocycles. The van der Waals surface area contributed by atoms with Crippen molar-refractivity contribution < 1.29 is 0 Å². The highest BCUT2D eigenvalue weighted by molar-refractivity contribution is 7.99. The van der Waals surface area contributed by atoms with Gasteiger partial charge in [0.1, 0.15) is 5.82 Å². The molecular weight excluding hydrogens is 382 g/mol. The predicted octanol–water partition coefficient (Wildman–Crippen LogP) is 2.80. The van der Waals surface area contributed by atoms with Crippen LogP contribution >= 0.6 is 11.8 Å². The summed E-state index contributed by atoms with van der Waals surface area (Å²) in [6.45, 7) is 4.56. The number of aromatic nitrogens is 4. The van der Waals surface area contributed by atoms with Crippen LogP contribution in [0.25, 0.3) is 0 Å². The summed E-state index contributed by atoms with van der Waals surface area (Å²) in [4.78, 5) is 15.8. The van der Waals surface area contributed by atoms with E-state index in [-0.39, 0.29) is 0 Å². The standard InChI is InChI=1S/C21H25N7S/c1-26-15-16(14-23-26)13-22-20-19-18(7-12-29-19)24-21(25-20)28-10-8-27(9-11-28)17-5-3-2-4-6-17/h2-6,14-15H,7-13H2,1H3,(H,22,24,25). The average Bonchev–Trinajstić information content (AvgIpc) is 3.41. The van der Waals surface area contributed by atoms with E-state index in [0.29, 0.717) is 0 Å². The van der Waals surface area contributed by atoms with Crippen LogP contribution in [-0.2, 0) is 20.0 Å². The first-order valence-electron chi connectivity index (χ1n) is 10.1. The van der Waals surface area contributed by atoms with Gasteiger partial charge < -0.3 is 15.1 Å². The summed E-state index contributed by atoms with van der Waals surface area (Å²) in [6, 6.07) is 10.6. The molecule has 4 heterocycles. The van der Waals surface area contributed by atoms with Gasteiger partial charge in [-0.25, -0.2) is 4.98 Å². The lowest BCUT2D eigenvalue weighted by atomic mass is 10.2. The van der Waals surface area contributed by atoms with Gasteiger partial charge in [0, 0.05) is 69.4 Å². The summed E-state index contributed by atoms with van der Waals surface area (Å²) in [5.74, 6) is 2.89. The van der Waals surface area contributed by atoms with Gasteiger partial charge in [0.15, 0.2) is 0 Å². The second-order valence-corrected chi connectivity index (χ2v) is 8.54. The van der Waals surface area contributed by atoms with Gasteiger partial charge in [-0.3, -0.25) is 4.68 Å². The first-order chi connectivity index (χ1) is 14.3. The van der Waals surface area contributed by atoms with Crippen molar-refractivity contribution in [3.63, 3.8) is 0 Å². The molecule has 8 heteroatoms. The smallest absolute Gasteiger partial charge is 0.227 e. The molecule has 0 amide bonds. The van der Waals surface area contributed by atoms with E-state index in [9.17, 15) is 0 Å². The number of hydrogen-bond donors (Lipinski definition) is 1. The maximum absolute atomic E-state index is 4.92. The largest absolute Gasteiger partial charge is 0.368 e. The first kappa shape index (κ1) is 18.3. The Morgan fingerprint density at radius 1 is 1.03 bits per heavy atom. The molecule has 1 fully saturated rings. The Morgan fingerprint density at radius 2 is 1.83 bits per heavy atom. The van der Waals surface area contributed by atoms with E-state index in [4.69, 9.17) is 9.97 Å². The van der Waals surface area contributed by atoms with Crippen molar-refractivity contribution in [1.29, 1.82) is 0 Å². The Morgan fingerprint density at radius 3 is 2.59 bits per heavy atom. The van der Waals surface area contributed by atoms with E-state index >= 15 is 0 Å². The van der Waals surface area contributed by atoms with Crippen LogP contribution < -0.4 is 15.1 Å². The minimum absolute atomic E-state index is 0.721. The summed E-state index contributed by atoms with van der Waals surface area (Å²) in [6.07, 6.45) is 4.94. The lowest BCUT2D eigenvalue weighted by Gasteiger charge is -2.36. The summed E-state index contributed by atoms with van der Waals surface area (Å²) in [5.41, 5.74) is 3.62. The van der Waals surface area contributed by atoms with E-state index in [1.807, 2.05) is 35.9 Å². The molecule has 0 radical (unpaired) electrons. The number of nitrogens with one attached hydrogen (secondary N) is 1. The third kappa shape index (κ3) is 3.89. The lowest BCUT2D eigenvalue weighted by Crippen LogP contribution is -2.47. The van der Waals surface area contributed by atoms with Gasteiger partial charge in [0.2, 0.25) is 5.95 Å². The third-order valence-electron chi connectivity index (χ3n) is 5.41. The van der Waals surface area contributed by atoms with Crippen molar-refractivity contribution in [3.05, 3.63) is 54.0 Å². The maximum atomic E-state index is 4.92. The van der Waals surface area contributed by atoms with Gasteiger partial charge in [-0.15, -0.1) is 11.8 Å². The molecule has 0 unspecified atom stereocenters. The number of thioether (sulfide) groups is 1. The predicted molar refractivity (Wildman–Crippen MR) is 118 cm³/mol. The Balaban J connectivity index is 1.31. The molecule has 150 valence electrons. The first-order valence-corrected chi connectivity index (χ1v) is 11.0. The average molecular weight is 408 g/mol. The van der Waals surface area contributed by atoms with Crippen LogP contribution in [0.15, 0.2) is 47.6 Å². The number of fused-ring (bicyclic) bond motifs is 1. The molecule has 7 nitrogen and oxygen atoms in total. The molecule has 1 aromatic carbocycles. The van der Waals surface area contributed by atoms with Crippen LogP contribution in [0.1, 0.15) is 11.3 Å². The molecule has 0 bridgehead atoms. The molecule has 0 spiro atoms. The third-order valence-corrected chi connectivity index (χ3v) is 6.54. The van der Waals surface area contributed by atoms with E-state index < -0.39 is 0 Å². The number of nitrogens with zero attached hydrogens (tertiary/aromatic N) is 6. The fourth-order valence-corrected chi connectivity index (χ4v) is 4.94. The van der Waals surface area contributed by atoms with Crippen LogP contribution in [0, 0.1) is 0 Å². The van der Waals surface area contributed by atoms with Crippen molar-refractivity contribution in [2.45, 2.75) is 17.9 Å². The molecule has 1 N–H and O–H groups in total. The molecule has 29 heavy (non-hydrogen) atoms. The number of rotatable bonds is 5. The fourth-order valence-electron chi connectivity index (χ4n) is 3.87. The summed E-state index contributed by atoms with van der Waals surface area (Å²) in [7, 11) is 1.94. The Kier molecular flexibility index (Phi) is 5.01. The number of aryl methyl sites for hydroxylation is 2. The quantitative estimate of drug-likeness (QED) is 0.698. The summed E-state index contributed by atoms with van der Waals surface area (Å²) < 4.78 is 1.83. The van der Waals surface area contributed by atoms with E-state index in [2.05, 4.69) is 50.5 Å². The molecule has 5 rings (SSSR count). The molecule has 1 saturated heterocycles. The number of hydrogen-bond acceptors (Lipinski definition) is 7. The van der Waals surface area contributed by atoms with Crippen molar-refractivity contribution >= 4 is 29.2 Å². The Hall–Kier alpha value is -2.74. The molecule has 3 aromatic rings. The molecule has 2 aromatic heterocycles. The second-order valence-electron chi connectivity index (χ2n) is 7.43.